The molecule has 1 atom stereocenters. The van der Waals surface area contributed by atoms with Gasteiger partial charge in [0.15, 0.2) is 0 Å². The lowest BCUT2D eigenvalue weighted by molar-refractivity contribution is -0.148. The lowest BCUT2D eigenvalue weighted by Gasteiger charge is -2.21. The van der Waals surface area contributed by atoms with Gasteiger partial charge in [0, 0.05) is 18.0 Å². The lowest BCUT2D eigenvalue weighted by Crippen LogP contribution is -2.40. The van der Waals surface area contributed by atoms with Crippen molar-refractivity contribution in [3.63, 3.8) is 0 Å². The fraction of sp³-hybridized carbons (Fsp3) is 0.500. The van der Waals surface area contributed by atoms with E-state index >= 15 is 0 Å². The maximum atomic E-state index is 12.1. The smallest absolute Gasteiger partial charge is 0.326 e. The molecule has 120 valence electrons. The Labute approximate surface area is 134 Å². The Balaban J connectivity index is 1.75. The molecule has 1 fully saturated rings. The fourth-order valence-electron chi connectivity index (χ4n) is 2.59. The van der Waals surface area contributed by atoms with E-state index in [9.17, 15) is 9.59 Å². The summed E-state index contributed by atoms with van der Waals surface area (Å²) >= 11 is 5.94. The summed E-state index contributed by atoms with van der Waals surface area (Å²) in [6, 6.07) is 4.76. The summed E-state index contributed by atoms with van der Waals surface area (Å²) in [7, 11) is 0. The van der Waals surface area contributed by atoms with Gasteiger partial charge in [-0.05, 0) is 49.9 Å². The van der Waals surface area contributed by atoms with Gasteiger partial charge in [-0.2, -0.15) is 0 Å². The van der Waals surface area contributed by atoms with E-state index in [2.05, 4.69) is 0 Å². The summed E-state index contributed by atoms with van der Waals surface area (Å²) in [6.07, 6.45) is 2.16. The van der Waals surface area contributed by atoms with Crippen LogP contribution in [0.15, 0.2) is 18.2 Å². The first-order chi connectivity index (χ1) is 10.5. The molecule has 0 aliphatic carbocycles. The minimum absolute atomic E-state index is 0.110. The van der Waals surface area contributed by atoms with E-state index < -0.39 is 12.0 Å². The number of rotatable bonds is 6. The normalized spacial score (nSPS) is 17.5. The summed E-state index contributed by atoms with van der Waals surface area (Å²) in [5, 5.41) is 9.76. The first-order valence-electron chi connectivity index (χ1n) is 7.40. The first-order valence-corrected chi connectivity index (χ1v) is 7.78. The average molecular weight is 326 g/mol. The van der Waals surface area contributed by atoms with E-state index in [0.29, 0.717) is 37.4 Å². The van der Waals surface area contributed by atoms with Crippen LogP contribution in [0.25, 0.3) is 0 Å². The number of hydrogen-bond acceptors (Lipinski definition) is 3. The number of carbonyl (C=O) groups is 2. The number of carbonyl (C=O) groups excluding carboxylic acids is 1. The molecule has 22 heavy (non-hydrogen) atoms. The van der Waals surface area contributed by atoms with Crippen molar-refractivity contribution >= 4 is 23.5 Å². The van der Waals surface area contributed by atoms with Gasteiger partial charge in [0.05, 0.1) is 6.61 Å². The molecule has 1 N–H and O–H groups in total. The highest BCUT2D eigenvalue weighted by atomic mass is 35.5. The van der Waals surface area contributed by atoms with Crippen LogP contribution in [0.5, 0.6) is 5.75 Å². The molecule has 1 aliphatic heterocycles. The highest BCUT2D eigenvalue weighted by molar-refractivity contribution is 6.31. The monoisotopic (exact) mass is 325 g/mol. The molecule has 6 heteroatoms. The molecule has 0 spiro atoms. The summed E-state index contributed by atoms with van der Waals surface area (Å²) in [5.41, 5.74) is 0.941. The van der Waals surface area contributed by atoms with E-state index in [1.807, 2.05) is 13.0 Å². The molecule has 1 saturated heterocycles. The van der Waals surface area contributed by atoms with Crippen LogP contribution in [0, 0.1) is 6.92 Å². The van der Waals surface area contributed by atoms with Crippen molar-refractivity contribution in [1.29, 1.82) is 0 Å². The Bertz CT molecular complexity index is 561. The molecular formula is C16H20ClNO4. The van der Waals surface area contributed by atoms with Gasteiger partial charge in [-0.25, -0.2) is 4.79 Å². The van der Waals surface area contributed by atoms with E-state index in [0.717, 1.165) is 17.7 Å². The van der Waals surface area contributed by atoms with E-state index in [4.69, 9.17) is 21.4 Å². The minimum Gasteiger partial charge on any atom is -0.494 e. The number of carboxylic acids is 1. The topological polar surface area (TPSA) is 66.8 Å². The third-order valence-corrected chi connectivity index (χ3v) is 4.22. The molecule has 0 bridgehead atoms. The summed E-state index contributed by atoms with van der Waals surface area (Å²) in [5.74, 6) is -0.307. The SMILES string of the molecule is Cc1cc(OCCCC(=O)N2CCCC2C(=O)O)ccc1Cl. The highest BCUT2D eigenvalue weighted by Crippen LogP contribution is 2.22. The summed E-state index contributed by atoms with van der Waals surface area (Å²) < 4.78 is 5.58. The van der Waals surface area contributed by atoms with Crippen LogP contribution < -0.4 is 4.74 Å². The second-order valence-corrected chi connectivity index (χ2v) is 5.85. The lowest BCUT2D eigenvalue weighted by atomic mass is 10.2. The quantitative estimate of drug-likeness (QED) is 0.817. The molecule has 2 rings (SSSR count). The van der Waals surface area contributed by atoms with Crippen molar-refractivity contribution in [1.82, 2.24) is 4.90 Å². The molecule has 0 saturated carbocycles. The Kier molecular flexibility index (Phi) is 5.66. The molecule has 1 aliphatic rings. The van der Waals surface area contributed by atoms with Crippen molar-refractivity contribution in [2.24, 2.45) is 0 Å². The maximum absolute atomic E-state index is 12.1. The fourth-order valence-corrected chi connectivity index (χ4v) is 2.70. The zero-order valence-corrected chi connectivity index (χ0v) is 13.3. The van der Waals surface area contributed by atoms with Gasteiger partial charge >= 0.3 is 5.97 Å². The second-order valence-electron chi connectivity index (χ2n) is 5.45. The Hall–Kier alpha value is -1.75. The number of nitrogens with zero attached hydrogens (tertiary/aromatic N) is 1. The molecule has 1 aromatic rings. The molecular weight excluding hydrogens is 306 g/mol. The minimum atomic E-state index is -0.918. The van der Waals surface area contributed by atoms with Crippen molar-refractivity contribution in [2.75, 3.05) is 13.2 Å². The zero-order chi connectivity index (χ0) is 16.1. The van der Waals surface area contributed by atoms with Gasteiger partial charge in [0.2, 0.25) is 5.91 Å². The number of amides is 1. The average Bonchev–Trinajstić information content (AvgIpc) is 2.97. The number of aryl methyl sites for hydroxylation is 1. The van der Waals surface area contributed by atoms with Crippen LogP contribution >= 0.6 is 11.6 Å². The van der Waals surface area contributed by atoms with Gasteiger partial charge in [0.1, 0.15) is 11.8 Å². The number of hydrogen-bond donors (Lipinski definition) is 1. The Morgan fingerprint density at radius 2 is 2.23 bits per heavy atom. The van der Waals surface area contributed by atoms with Gasteiger partial charge < -0.3 is 14.7 Å². The largest absolute Gasteiger partial charge is 0.494 e. The van der Waals surface area contributed by atoms with Gasteiger partial charge in [0.25, 0.3) is 0 Å². The molecule has 1 unspecified atom stereocenters. The molecule has 0 radical (unpaired) electrons. The van der Waals surface area contributed by atoms with E-state index in [-0.39, 0.29) is 5.91 Å². The first kappa shape index (κ1) is 16.6. The van der Waals surface area contributed by atoms with E-state index in [1.165, 1.54) is 4.90 Å². The van der Waals surface area contributed by atoms with Gasteiger partial charge in [-0.1, -0.05) is 11.6 Å². The van der Waals surface area contributed by atoms with Crippen LogP contribution in [0.3, 0.4) is 0 Å². The number of aliphatic carboxylic acids is 1. The summed E-state index contributed by atoms with van der Waals surface area (Å²) in [4.78, 5) is 24.6. The van der Waals surface area contributed by atoms with Crippen molar-refractivity contribution in [3.8, 4) is 5.75 Å². The molecule has 1 aromatic carbocycles. The number of carboxylic acid groups (broad SMARTS) is 1. The third-order valence-electron chi connectivity index (χ3n) is 3.79. The Morgan fingerprint density at radius 3 is 2.91 bits per heavy atom. The van der Waals surface area contributed by atoms with Crippen molar-refractivity contribution in [3.05, 3.63) is 28.8 Å². The van der Waals surface area contributed by atoms with Crippen LogP contribution in [0.2, 0.25) is 5.02 Å². The predicted molar refractivity (Wildman–Crippen MR) is 83.3 cm³/mol. The highest BCUT2D eigenvalue weighted by Gasteiger charge is 2.33. The number of ether oxygens (including phenoxy) is 1. The molecule has 1 heterocycles. The maximum Gasteiger partial charge on any atom is 0.326 e. The van der Waals surface area contributed by atoms with Gasteiger partial charge in [-0.15, -0.1) is 0 Å². The van der Waals surface area contributed by atoms with Crippen LogP contribution in [-0.4, -0.2) is 41.1 Å². The second kappa shape index (κ2) is 7.49. The predicted octanol–water partition coefficient (Wildman–Crippen LogP) is 2.88. The Morgan fingerprint density at radius 1 is 1.45 bits per heavy atom. The molecule has 0 aromatic heterocycles. The zero-order valence-electron chi connectivity index (χ0n) is 12.5. The van der Waals surface area contributed by atoms with E-state index in [1.54, 1.807) is 12.1 Å². The number of benzene rings is 1. The van der Waals surface area contributed by atoms with Crippen LogP contribution in [0.1, 0.15) is 31.2 Å². The van der Waals surface area contributed by atoms with Crippen LogP contribution in [0.4, 0.5) is 0 Å². The van der Waals surface area contributed by atoms with Crippen molar-refractivity contribution < 1.29 is 19.4 Å². The summed E-state index contributed by atoms with van der Waals surface area (Å²) in [6.45, 7) is 2.85. The van der Waals surface area contributed by atoms with Crippen molar-refractivity contribution in [2.45, 2.75) is 38.6 Å². The number of halogens is 1. The third kappa shape index (κ3) is 4.13. The van der Waals surface area contributed by atoms with Crippen LogP contribution in [-0.2, 0) is 9.59 Å². The standard InChI is InChI=1S/C16H20ClNO4/c1-11-10-12(6-7-13(11)17)22-9-3-5-15(19)18-8-2-4-14(18)16(20)21/h6-7,10,14H,2-5,8-9H2,1H3,(H,20,21). The van der Waals surface area contributed by atoms with Gasteiger partial charge in [-0.3, -0.25) is 4.79 Å². The molecule has 5 nitrogen and oxygen atoms in total. The molecule has 1 amide bonds. The number of likely N-dealkylation sites (tertiary alicyclic amines) is 1.